The van der Waals surface area contributed by atoms with Gasteiger partial charge in [0.05, 0.1) is 0 Å². The van der Waals surface area contributed by atoms with E-state index in [0.717, 1.165) is 5.54 Å². The van der Waals surface area contributed by atoms with Crippen molar-refractivity contribution >= 4 is 8.80 Å². The van der Waals surface area contributed by atoms with Crippen LogP contribution >= 0.6 is 0 Å². The summed E-state index contributed by atoms with van der Waals surface area (Å²) in [6, 6.07) is 0. The van der Waals surface area contributed by atoms with Crippen LogP contribution in [0.1, 0.15) is 33.1 Å². The van der Waals surface area contributed by atoms with Crippen LogP contribution < -0.4 is 0 Å². The van der Waals surface area contributed by atoms with Gasteiger partial charge in [-0.3, -0.25) is 0 Å². The first-order valence-electron chi connectivity index (χ1n) is 5.54. The van der Waals surface area contributed by atoms with Crippen LogP contribution in [0.3, 0.4) is 0 Å². The highest BCUT2D eigenvalue weighted by atomic mass is 28.3. The fourth-order valence-corrected chi connectivity index (χ4v) is 3.83. The molecule has 0 fully saturated rings. The van der Waals surface area contributed by atoms with Crippen molar-refractivity contribution in [3.63, 3.8) is 0 Å². The van der Waals surface area contributed by atoms with Gasteiger partial charge in [-0.15, -0.1) is 0 Å². The zero-order valence-corrected chi connectivity index (χ0v) is 10.6. The first-order chi connectivity index (χ1) is 6.15. The lowest BCUT2D eigenvalue weighted by Gasteiger charge is -2.12. The topological polar surface area (TPSA) is 0 Å². The molecule has 0 aliphatic heterocycles. The Morgan fingerprint density at radius 2 is 2.08 bits per heavy atom. The van der Waals surface area contributed by atoms with E-state index in [9.17, 15) is 0 Å². The molecule has 0 aromatic carbocycles. The van der Waals surface area contributed by atoms with Gasteiger partial charge in [-0.1, -0.05) is 49.7 Å². The molecule has 13 heavy (non-hydrogen) atoms. The molecule has 74 valence electrons. The van der Waals surface area contributed by atoms with Crippen molar-refractivity contribution in [2.24, 2.45) is 0 Å². The monoisotopic (exact) mass is 194 g/mol. The summed E-state index contributed by atoms with van der Waals surface area (Å²) < 4.78 is 0. The minimum atomic E-state index is -0.498. The van der Waals surface area contributed by atoms with E-state index in [1.165, 1.54) is 19.3 Å². The summed E-state index contributed by atoms with van der Waals surface area (Å²) >= 11 is 0. The van der Waals surface area contributed by atoms with Crippen LogP contribution in [0.2, 0.25) is 18.6 Å². The van der Waals surface area contributed by atoms with E-state index in [1.807, 2.05) is 0 Å². The van der Waals surface area contributed by atoms with Crippen LogP contribution in [-0.4, -0.2) is 8.80 Å². The molecule has 0 aromatic rings. The van der Waals surface area contributed by atoms with E-state index in [4.69, 9.17) is 0 Å². The van der Waals surface area contributed by atoms with E-state index < -0.39 is 8.80 Å². The number of rotatable bonds is 4. The van der Waals surface area contributed by atoms with Gasteiger partial charge in [-0.25, -0.2) is 0 Å². The van der Waals surface area contributed by atoms with Gasteiger partial charge in [-0.05, 0) is 25.3 Å². The molecular formula is C12H22Si. The Hall–Kier alpha value is -0.303. The molecule has 0 saturated heterocycles. The molecule has 0 N–H and O–H groups in total. The summed E-state index contributed by atoms with van der Waals surface area (Å²) in [4.78, 5) is 0. The van der Waals surface area contributed by atoms with Gasteiger partial charge in [0.2, 0.25) is 0 Å². The summed E-state index contributed by atoms with van der Waals surface area (Å²) in [6.45, 7) is 9.45. The van der Waals surface area contributed by atoms with E-state index in [-0.39, 0.29) is 0 Å². The highest BCUT2D eigenvalue weighted by molar-refractivity contribution is 6.59. The van der Waals surface area contributed by atoms with Gasteiger partial charge in [0.15, 0.2) is 0 Å². The standard InChI is InChI=1S/C12H22Si/c1-5-6-7-11-8-10(2)12(9-11)13(3)4/h8-9,12-13H,5-7H2,1-4H3. The number of hydrogen-bond acceptors (Lipinski definition) is 0. The fourth-order valence-electron chi connectivity index (χ4n) is 2.05. The molecule has 1 aliphatic carbocycles. The molecule has 0 nitrogen and oxygen atoms in total. The maximum atomic E-state index is 2.53. The van der Waals surface area contributed by atoms with Crippen molar-refractivity contribution in [2.45, 2.75) is 51.7 Å². The van der Waals surface area contributed by atoms with Crippen LogP contribution in [0, 0.1) is 0 Å². The van der Waals surface area contributed by atoms with Gasteiger partial charge < -0.3 is 0 Å². The highest BCUT2D eigenvalue weighted by Gasteiger charge is 2.18. The molecule has 0 saturated carbocycles. The summed E-state index contributed by atoms with van der Waals surface area (Å²) in [7, 11) is -0.498. The third-order valence-corrected chi connectivity index (χ3v) is 5.02. The minimum Gasteiger partial charge on any atom is -0.0772 e. The fraction of sp³-hybridized carbons (Fsp3) is 0.667. The molecule has 0 heterocycles. The van der Waals surface area contributed by atoms with E-state index >= 15 is 0 Å². The lowest BCUT2D eigenvalue weighted by Crippen LogP contribution is -2.08. The average Bonchev–Trinajstić information content (AvgIpc) is 2.43. The summed E-state index contributed by atoms with van der Waals surface area (Å²) in [5.41, 5.74) is 4.07. The number of hydrogen-bond donors (Lipinski definition) is 0. The molecule has 1 aliphatic rings. The Kier molecular flexibility index (Phi) is 3.98. The third kappa shape index (κ3) is 2.83. The molecule has 0 aromatic heterocycles. The number of unbranched alkanes of at least 4 members (excludes halogenated alkanes) is 1. The van der Waals surface area contributed by atoms with Crippen molar-refractivity contribution in [1.82, 2.24) is 0 Å². The van der Waals surface area contributed by atoms with Crippen molar-refractivity contribution in [2.75, 3.05) is 0 Å². The average molecular weight is 194 g/mol. The maximum absolute atomic E-state index is 2.53. The van der Waals surface area contributed by atoms with E-state index in [1.54, 1.807) is 11.1 Å². The van der Waals surface area contributed by atoms with Crippen LogP contribution in [0.4, 0.5) is 0 Å². The predicted octanol–water partition coefficient (Wildman–Crippen LogP) is 3.92. The van der Waals surface area contributed by atoms with Gasteiger partial charge >= 0.3 is 0 Å². The van der Waals surface area contributed by atoms with E-state index in [0.29, 0.717) is 0 Å². The van der Waals surface area contributed by atoms with E-state index in [2.05, 4.69) is 39.1 Å². The smallest absolute Gasteiger partial charge is 0.0431 e. The Bertz CT molecular complexity index is 223. The molecule has 1 rings (SSSR count). The summed E-state index contributed by atoms with van der Waals surface area (Å²) in [6.07, 6.45) is 8.91. The van der Waals surface area contributed by atoms with Crippen molar-refractivity contribution in [3.8, 4) is 0 Å². The van der Waals surface area contributed by atoms with Crippen molar-refractivity contribution in [3.05, 3.63) is 23.3 Å². The molecule has 0 radical (unpaired) electrons. The minimum absolute atomic E-state index is 0.498. The lowest BCUT2D eigenvalue weighted by atomic mass is 10.1. The maximum Gasteiger partial charge on any atom is 0.0431 e. The Balaban J connectivity index is 2.55. The zero-order valence-electron chi connectivity index (χ0n) is 9.43. The number of allylic oxidation sites excluding steroid dienone is 4. The van der Waals surface area contributed by atoms with Crippen LogP contribution in [0.15, 0.2) is 23.3 Å². The van der Waals surface area contributed by atoms with Gasteiger partial charge in [0.25, 0.3) is 0 Å². The lowest BCUT2D eigenvalue weighted by molar-refractivity contribution is 0.798. The Morgan fingerprint density at radius 1 is 1.38 bits per heavy atom. The van der Waals surface area contributed by atoms with Crippen molar-refractivity contribution < 1.29 is 0 Å². The molecule has 0 bridgehead atoms. The molecular weight excluding hydrogens is 172 g/mol. The second kappa shape index (κ2) is 4.80. The van der Waals surface area contributed by atoms with Crippen LogP contribution in [0.25, 0.3) is 0 Å². The van der Waals surface area contributed by atoms with Gasteiger partial charge in [0.1, 0.15) is 0 Å². The van der Waals surface area contributed by atoms with Crippen LogP contribution in [-0.2, 0) is 0 Å². The molecule has 1 unspecified atom stereocenters. The van der Waals surface area contributed by atoms with Gasteiger partial charge in [-0.2, -0.15) is 0 Å². The normalized spacial score (nSPS) is 22.1. The zero-order chi connectivity index (χ0) is 9.84. The Labute approximate surface area is 84.3 Å². The van der Waals surface area contributed by atoms with Crippen LogP contribution in [0.5, 0.6) is 0 Å². The predicted molar refractivity (Wildman–Crippen MR) is 64.0 cm³/mol. The highest BCUT2D eigenvalue weighted by Crippen LogP contribution is 2.33. The molecule has 1 heteroatoms. The quantitative estimate of drug-likeness (QED) is 0.595. The summed E-state index contributed by atoms with van der Waals surface area (Å²) in [5.74, 6) is 0. The third-order valence-electron chi connectivity index (χ3n) is 2.87. The largest absolute Gasteiger partial charge is 0.0772 e. The first-order valence-corrected chi connectivity index (χ1v) is 8.51. The Morgan fingerprint density at radius 3 is 2.54 bits per heavy atom. The summed E-state index contributed by atoms with van der Waals surface area (Å²) in [5, 5.41) is 0. The first kappa shape index (κ1) is 10.8. The molecule has 0 amide bonds. The second-order valence-electron chi connectivity index (χ2n) is 4.50. The van der Waals surface area contributed by atoms with Gasteiger partial charge in [0, 0.05) is 8.80 Å². The second-order valence-corrected chi connectivity index (χ2v) is 7.71. The molecule has 1 atom stereocenters. The molecule has 0 spiro atoms. The SMILES string of the molecule is CCCCC1=CC([SiH](C)C)C(C)=C1. The van der Waals surface area contributed by atoms with Crippen molar-refractivity contribution in [1.29, 1.82) is 0 Å².